The number of benzene rings is 2. The van der Waals surface area contributed by atoms with Gasteiger partial charge in [-0.25, -0.2) is 4.39 Å². The third-order valence-corrected chi connectivity index (χ3v) is 2.68. The molecule has 0 amide bonds. The van der Waals surface area contributed by atoms with Crippen molar-refractivity contribution in [3.63, 3.8) is 0 Å². The van der Waals surface area contributed by atoms with E-state index in [-0.39, 0.29) is 23.0 Å². The summed E-state index contributed by atoms with van der Waals surface area (Å²) >= 11 is 0. The standard InChI is InChI=1S/C14H8F4O/c15-13-9(8-19)4-3-6-11(13)10-5-1-2-7-12(10)14(16,17)18/h1-8H. The second-order valence-electron chi connectivity index (χ2n) is 3.87. The SMILES string of the molecule is O=Cc1cccc(-c2ccccc2C(F)(F)F)c1F. The molecular formula is C14H8F4O. The zero-order chi connectivity index (χ0) is 14.0. The predicted molar refractivity (Wildman–Crippen MR) is 62.2 cm³/mol. The van der Waals surface area contributed by atoms with Crippen LogP contribution in [0.15, 0.2) is 42.5 Å². The Morgan fingerprint density at radius 2 is 1.53 bits per heavy atom. The lowest BCUT2D eigenvalue weighted by Crippen LogP contribution is -2.07. The highest BCUT2D eigenvalue weighted by Gasteiger charge is 2.33. The summed E-state index contributed by atoms with van der Waals surface area (Å²) in [4.78, 5) is 10.6. The molecule has 0 bridgehead atoms. The van der Waals surface area contributed by atoms with Gasteiger partial charge in [-0.1, -0.05) is 30.3 Å². The van der Waals surface area contributed by atoms with Crippen molar-refractivity contribution in [2.45, 2.75) is 6.18 Å². The summed E-state index contributed by atoms with van der Waals surface area (Å²) in [6, 6.07) is 8.44. The first kappa shape index (κ1) is 13.3. The Bertz CT molecular complexity index is 617. The maximum absolute atomic E-state index is 13.9. The van der Waals surface area contributed by atoms with E-state index in [1.807, 2.05) is 0 Å². The molecule has 0 aliphatic heterocycles. The highest BCUT2D eigenvalue weighted by Crippen LogP contribution is 2.37. The molecule has 0 fully saturated rings. The minimum absolute atomic E-state index is 0.238. The molecule has 0 N–H and O–H groups in total. The monoisotopic (exact) mass is 268 g/mol. The van der Waals surface area contributed by atoms with Gasteiger partial charge in [-0.3, -0.25) is 4.79 Å². The lowest BCUT2D eigenvalue weighted by molar-refractivity contribution is -0.137. The number of carbonyl (C=O) groups excluding carboxylic acids is 1. The van der Waals surface area contributed by atoms with Crippen LogP contribution in [0.1, 0.15) is 15.9 Å². The maximum Gasteiger partial charge on any atom is 0.417 e. The van der Waals surface area contributed by atoms with Gasteiger partial charge in [0.15, 0.2) is 6.29 Å². The van der Waals surface area contributed by atoms with Crippen LogP contribution < -0.4 is 0 Å². The van der Waals surface area contributed by atoms with Crippen LogP contribution in [0.3, 0.4) is 0 Å². The van der Waals surface area contributed by atoms with Crippen molar-refractivity contribution in [3.8, 4) is 11.1 Å². The molecule has 5 heteroatoms. The highest BCUT2D eigenvalue weighted by molar-refractivity contribution is 5.80. The molecule has 1 nitrogen and oxygen atoms in total. The first-order chi connectivity index (χ1) is 8.95. The van der Waals surface area contributed by atoms with Gasteiger partial charge in [0.05, 0.1) is 11.1 Å². The molecule has 2 aromatic rings. The van der Waals surface area contributed by atoms with Crippen LogP contribution in [-0.4, -0.2) is 6.29 Å². The number of rotatable bonds is 2. The van der Waals surface area contributed by atoms with E-state index < -0.39 is 17.6 Å². The van der Waals surface area contributed by atoms with Gasteiger partial charge in [0.25, 0.3) is 0 Å². The Morgan fingerprint density at radius 1 is 0.895 bits per heavy atom. The summed E-state index contributed by atoms with van der Waals surface area (Å²) in [7, 11) is 0. The quantitative estimate of drug-likeness (QED) is 0.585. The minimum Gasteiger partial charge on any atom is -0.298 e. The molecule has 0 atom stereocenters. The zero-order valence-electron chi connectivity index (χ0n) is 9.54. The van der Waals surface area contributed by atoms with Gasteiger partial charge in [0, 0.05) is 5.56 Å². The molecular weight excluding hydrogens is 260 g/mol. The second-order valence-corrected chi connectivity index (χ2v) is 3.87. The first-order valence-corrected chi connectivity index (χ1v) is 5.35. The lowest BCUT2D eigenvalue weighted by Gasteiger charge is -2.13. The van der Waals surface area contributed by atoms with Gasteiger partial charge in [-0.2, -0.15) is 13.2 Å². The number of hydrogen-bond donors (Lipinski definition) is 0. The number of hydrogen-bond acceptors (Lipinski definition) is 1. The Hall–Kier alpha value is -2.17. The highest BCUT2D eigenvalue weighted by atomic mass is 19.4. The van der Waals surface area contributed by atoms with E-state index in [4.69, 9.17) is 0 Å². The van der Waals surface area contributed by atoms with Crippen LogP contribution in [0.5, 0.6) is 0 Å². The average molecular weight is 268 g/mol. The summed E-state index contributed by atoms with van der Waals surface area (Å²) in [5.74, 6) is -0.950. The number of carbonyl (C=O) groups is 1. The van der Waals surface area contributed by atoms with Crippen molar-refractivity contribution in [2.75, 3.05) is 0 Å². The molecule has 0 heterocycles. The molecule has 2 rings (SSSR count). The van der Waals surface area contributed by atoms with E-state index in [1.165, 1.54) is 36.4 Å². The van der Waals surface area contributed by atoms with E-state index in [2.05, 4.69) is 0 Å². The topological polar surface area (TPSA) is 17.1 Å². The summed E-state index contributed by atoms with van der Waals surface area (Å²) in [6.45, 7) is 0. The lowest BCUT2D eigenvalue weighted by atomic mass is 9.97. The normalized spacial score (nSPS) is 11.4. The van der Waals surface area contributed by atoms with Crippen LogP contribution >= 0.6 is 0 Å². The summed E-state index contributed by atoms with van der Waals surface area (Å²) in [5, 5.41) is 0. The van der Waals surface area contributed by atoms with Gasteiger partial charge in [-0.15, -0.1) is 0 Å². The average Bonchev–Trinajstić information content (AvgIpc) is 2.38. The van der Waals surface area contributed by atoms with Gasteiger partial charge >= 0.3 is 6.18 Å². The third-order valence-electron chi connectivity index (χ3n) is 2.68. The van der Waals surface area contributed by atoms with E-state index >= 15 is 0 Å². The molecule has 98 valence electrons. The third kappa shape index (κ3) is 2.50. The fraction of sp³-hybridized carbons (Fsp3) is 0.0714. The van der Waals surface area contributed by atoms with Crippen LogP contribution in [0, 0.1) is 5.82 Å². The Morgan fingerprint density at radius 3 is 2.16 bits per heavy atom. The van der Waals surface area contributed by atoms with Gasteiger partial charge in [-0.05, 0) is 17.7 Å². The van der Waals surface area contributed by atoms with E-state index in [0.29, 0.717) is 0 Å². The molecule has 0 radical (unpaired) electrons. The molecule has 0 saturated carbocycles. The summed E-state index contributed by atoms with van der Waals surface area (Å²) in [6.07, 6.45) is -4.31. The molecule has 0 aromatic heterocycles. The zero-order valence-corrected chi connectivity index (χ0v) is 9.54. The molecule has 0 aliphatic rings. The molecule has 0 aliphatic carbocycles. The fourth-order valence-corrected chi connectivity index (χ4v) is 1.81. The molecule has 0 spiro atoms. The fourth-order valence-electron chi connectivity index (χ4n) is 1.81. The Balaban J connectivity index is 2.70. The largest absolute Gasteiger partial charge is 0.417 e. The van der Waals surface area contributed by atoms with E-state index in [1.54, 1.807) is 0 Å². The van der Waals surface area contributed by atoms with Crippen LogP contribution in [-0.2, 0) is 6.18 Å². The van der Waals surface area contributed by atoms with Gasteiger partial charge < -0.3 is 0 Å². The Labute approximate surface area is 106 Å². The van der Waals surface area contributed by atoms with Crippen molar-refractivity contribution in [3.05, 3.63) is 59.4 Å². The number of halogens is 4. The molecule has 2 aromatic carbocycles. The maximum atomic E-state index is 13.9. The second kappa shape index (κ2) is 4.84. The van der Waals surface area contributed by atoms with Crippen LogP contribution in [0.2, 0.25) is 0 Å². The van der Waals surface area contributed by atoms with E-state index in [0.717, 1.165) is 6.07 Å². The summed E-state index contributed by atoms with van der Waals surface area (Å²) < 4.78 is 52.5. The van der Waals surface area contributed by atoms with Crippen molar-refractivity contribution >= 4 is 6.29 Å². The minimum atomic E-state index is -4.58. The van der Waals surface area contributed by atoms with Gasteiger partial charge in [0.1, 0.15) is 5.82 Å². The molecule has 0 unspecified atom stereocenters. The van der Waals surface area contributed by atoms with Crippen LogP contribution in [0.4, 0.5) is 17.6 Å². The Kier molecular flexibility index (Phi) is 3.38. The van der Waals surface area contributed by atoms with Crippen molar-refractivity contribution in [2.24, 2.45) is 0 Å². The predicted octanol–water partition coefficient (Wildman–Crippen LogP) is 4.32. The summed E-state index contributed by atoms with van der Waals surface area (Å²) in [5.41, 5.74) is -1.72. The number of aldehydes is 1. The molecule has 0 saturated heterocycles. The molecule has 19 heavy (non-hydrogen) atoms. The van der Waals surface area contributed by atoms with Crippen molar-refractivity contribution < 1.29 is 22.4 Å². The van der Waals surface area contributed by atoms with Crippen molar-refractivity contribution in [1.82, 2.24) is 0 Å². The number of alkyl halides is 3. The van der Waals surface area contributed by atoms with Crippen LogP contribution in [0.25, 0.3) is 11.1 Å². The smallest absolute Gasteiger partial charge is 0.298 e. The van der Waals surface area contributed by atoms with E-state index in [9.17, 15) is 22.4 Å². The first-order valence-electron chi connectivity index (χ1n) is 5.35. The van der Waals surface area contributed by atoms with Crippen molar-refractivity contribution in [1.29, 1.82) is 0 Å². The van der Waals surface area contributed by atoms with Gasteiger partial charge in [0.2, 0.25) is 0 Å².